The highest BCUT2D eigenvalue weighted by molar-refractivity contribution is 5.68. The van der Waals surface area contributed by atoms with Crippen molar-refractivity contribution in [2.75, 3.05) is 6.61 Å². The molecule has 0 aliphatic heterocycles. The maximum Gasteiger partial charge on any atom is 0.460 e. The van der Waals surface area contributed by atoms with E-state index in [1.54, 1.807) is 0 Å². The van der Waals surface area contributed by atoms with Crippen LogP contribution in [0.3, 0.4) is 0 Å². The van der Waals surface area contributed by atoms with Crippen molar-refractivity contribution in [3.8, 4) is 0 Å². The molecule has 24 heavy (non-hydrogen) atoms. The van der Waals surface area contributed by atoms with E-state index in [9.17, 15) is 61.9 Å². The molecule has 1 N–H and O–H groups in total. The zero-order chi connectivity index (χ0) is 20.0. The number of carboxylic acid groups (broad SMARTS) is 1. The maximum atomic E-state index is 12.8. The van der Waals surface area contributed by atoms with Gasteiger partial charge in [0.1, 0.15) is 0 Å². The number of halogens is 13. The first-order valence-corrected chi connectivity index (χ1v) is 4.98. The summed E-state index contributed by atoms with van der Waals surface area (Å²) in [6.07, 6.45) is -14.3. The Morgan fingerprint density at radius 1 is 0.667 bits per heavy atom. The first-order valence-electron chi connectivity index (χ1n) is 4.98. The van der Waals surface area contributed by atoms with Crippen LogP contribution in [0.4, 0.5) is 57.1 Å². The summed E-state index contributed by atoms with van der Waals surface area (Å²) in [7, 11) is 0. The van der Waals surface area contributed by atoms with E-state index >= 15 is 0 Å². The average Bonchev–Trinajstić information content (AvgIpc) is 2.34. The highest BCUT2D eigenvalue weighted by atomic mass is 19.4. The molecule has 0 aromatic carbocycles. The Balaban J connectivity index is 6.05. The van der Waals surface area contributed by atoms with E-state index < -0.39 is 48.6 Å². The van der Waals surface area contributed by atoms with E-state index in [1.807, 2.05) is 0 Å². The third-order valence-electron chi connectivity index (χ3n) is 2.28. The van der Waals surface area contributed by atoms with Crippen LogP contribution in [0.5, 0.6) is 0 Å². The lowest BCUT2D eigenvalue weighted by Gasteiger charge is -2.39. The van der Waals surface area contributed by atoms with Gasteiger partial charge in [0.15, 0.2) is 6.61 Å². The SMILES string of the molecule is O=C(O)COC(F)(F)C(F)(F)C(F)(F)C(F)(F)C(F)(F)C(F)(F)F. The van der Waals surface area contributed by atoms with E-state index in [0.29, 0.717) is 0 Å². The molecule has 0 spiro atoms. The zero-order valence-electron chi connectivity index (χ0n) is 10.4. The largest absolute Gasteiger partial charge is 0.480 e. The predicted molar refractivity (Wildman–Crippen MR) is 44.4 cm³/mol. The normalized spacial score (nSPS) is 15.5. The van der Waals surface area contributed by atoms with Crippen molar-refractivity contribution in [2.45, 2.75) is 36.0 Å². The van der Waals surface area contributed by atoms with Gasteiger partial charge in [0.05, 0.1) is 0 Å². The van der Waals surface area contributed by atoms with Gasteiger partial charge in [-0.25, -0.2) is 4.79 Å². The van der Waals surface area contributed by atoms with Gasteiger partial charge >= 0.3 is 41.9 Å². The molecule has 0 saturated carbocycles. The van der Waals surface area contributed by atoms with Gasteiger partial charge in [-0.3, -0.25) is 0 Å². The third-order valence-corrected chi connectivity index (χ3v) is 2.28. The summed E-state index contributed by atoms with van der Waals surface area (Å²) in [5.74, 6) is -34.0. The molecule has 0 aromatic rings. The highest BCUT2D eigenvalue weighted by Gasteiger charge is 2.91. The Morgan fingerprint density at radius 3 is 1.29 bits per heavy atom. The van der Waals surface area contributed by atoms with Crippen LogP contribution in [0.2, 0.25) is 0 Å². The Hall–Kier alpha value is -1.48. The number of alkyl halides is 13. The van der Waals surface area contributed by atoms with Crippen LogP contribution in [-0.4, -0.2) is 53.7 Å². The summed E-state index contributed by atoms with van der Waals surface area (Å²) in [5.41, 5.74) is 0. The van der Waals surface area contributed by atoms with Crippen LogP contribution in [0.1, 0.15) is 0 Å². The lowest BCUT2D eigenvalue weighted by molar-refractivity contribution is -0.465. The molecule has 0 heterocycles. The zero-order valence-corrected chi connectivity index (χ0v) is 10.4. The number of hydrogen-bond donors (Lipinski definition) is 1. The maximum absolute atomic E-state index is 12.8. The van der Waals surface area contributed by atoms with Crippen LogP contribution in [0, 0.1) is 0 Å². The first-order chi connectivity index (χ1) is 10.2. The van der Waals surface area contributed by atoms with Gasteiger partial charge in [0, 0.05) is 0 Å². The van der Waals surface area contributed by atoms with Crippen LogP contribution < -0.4 is 0 Å². The molecule has 3 nitrogen and oxygen atoms in total. The minimum absolute atomic E-state index is 2.41. The van der Waals surface area contributed by atoms with E-state index in [-0.39, 0.29) is 0 Å². The van der Waals surface area contributed by atoms with Crippen LogP contribution >= 0.6 is 0 Å². The molecule has 0 fully saturated rings. The summed E-state index contributed by atoms with van der Waals surface area (Å²) in [5, 5.41) is 7.83. The number of rotatable bonds is 7. The molecule has 0 bridgehead atoms. The lowest BCUT2D eigenvalue weighted by Crippen LogP contribution is -2.70. The minimum Gasteiger partial charge on any atom is -0.480 e. The van der Waals surface area contributed by atoms with Gasteiger partial charge in [-0.15, -0.1) is 0 Å². The van der Waals surface area contributed by atoms with Crippen LogP contribution in [-0.2, 0) is 9.53 Å². The molecule has 144 valence electrons. The molecule has 0 rings (SSSR count). The summed E-state index contributed by atoms with van der Waals surface area (Å²) in [6, 6.07) is 0. The fourth-order valence-corrected chi connectivity index (χ4v) is 0.998. The highest BCUT2D eigenvalue weighted by Crippen LogP contribution is 2.60. The molecule has 0 radical (unpaired) electrons. The number of ether oxygens (including phenoxy) is 1. The molecule has 0 aliphatic rings. The number of hydrogen-bond acceptors (Lipinski definition) is 2. The van der Waals surface area contributed by atoms with Crippen LogP contribution in [0.15, 0.2) is 0 Å². The monoisotopic (exact) mass is 394 g/mol. The van der Waals surface area contributed by atoms with Crippen molar-refractivity contribution in [3.05, 3.63) is 0 Å². The molecule has 0 amide bonds. The number of carboxylic acids is 1. The average molecular weight is 394 g/mol. The number of carbonyl (C=O) groups is 1. The molecule has 0 unspecified atom stereocenters. The third kappa shape index (κ3) is 3.19. The van der Waals surface area contributed by atoms with Crippen molar-refractivity contribution in [1.29, 1.82) is 0 Å². The molecular weight excluding hydrogens is 391 g/mol. The van der Waals surface area contributed by atoms with Gasteiger partial charge in [0.25, 0.3) is 0 Å². The van der Waals surface area contributed by atoms with Crippen LogP contribution in [0.25, 0.3) is 0 Å². The molecular formula is C8H3F13O3. The topological polar surface area (TPSA) is 46.5 Å². The summed E-state index contributed by atoms with van der Waals surface area (Å²) in [4.78, 5) is 9.80. The summed E-state index contributed by atoms with van der Waals surface area (Å²) < 4.78 is 164. The predicted octanol–water partition coefficient (Wildman–Crippen LogP) is 3.78. The van der Waals surface area contributed by atoms with Crippen molar-refractivity contribution < 1.29 is 71.7 Å². The summed E-state index contributed by atoms with van der Waals surface area (Å²) >= 11 is 0. The molecule has 16 heteroatoms. The quantitative estimate of drug-likeness (QED) is 0.669. The summed E-state index contributed by atoms with van der Waals surface area (Å²) in [6.45, 7) is -2.49. The van der Waals surface area contributed by atoms with Crippen molar-refractivity contribution >= 4 is 5.97 Å². The first kappa shape index (κ1) is 22.5. The Morgan fingerprint density at radius 2 is 1.00 bits per heavy atom. The van der Waals surface area contributed by atoms with E-state index in [2.05, 4.69) is 4.74 Å². The Bertz CT molecular complexity index is 480. The molecule has 0 aromatic heterocycles. The van der Waals surface area contributed by atoms with E-state index in [4.69, 9.17) is 5.11 Å². The van der Waals surface area contributed by atoms with Gasteiger partial charge in [0.2, 0.25) is 0 Å². The standard InChI is InChI=1S/C8H3F13O3/c9-3(10,5(13,14)7(17,18)19)4(11,12)6(15,16)8(20,21)24-1-2(22)23/h1H2,(H,22,23). The molecule has 0 saturated heterocycles. The van der Waals surface area contributed by atoms with Crippen molar-refractivity contribution in [3.63, 3.8) is 0 Å². The van der Waals surface area contributed by atoms with Gasteiger partial charge < -0.3 is 9.84 Å². The smallest absolute Gasteiger partial charge is 0.460 e. The Kier molecular flexibility index (Phi) is 5.44. The van der Waals surface area contributed by atoms with Crippen molar-refractivity contribution in [2.24, 2.45) is 0 Å². The second-order valence-electron chi connectivity index (χ2n) is 3.99. The fraction of sp³-hybridized carbons (Fsp3) is 0.875. The van der Waals surface area contributed by atoms with Crippen molar-refractivity contribution in [1.82, 2.24) is 0 Å². The fourth-order valence-electron chi connectivity index (χ4n) is 0.998. The molecule has 0 aliphatic carbocycles. The second-order valence-corrected chi connectivity index (χ2v) is 3.99. The Labute approximate surface area is 122 Å². The van der Waals surface area contributed by atoms with E-state index in [0.717, 1.165) is 0 Å². The van der Waals surface area contributed by atoms with Gasteiger partial charge in [-0.1, -0.05) is 0 Å². The van der Waals surface area contributed by atoms with E-state index in [1.165, 1.54) is 0 Å². The number of aliphatic carboxylic acids is 1. The van der Waals surface area contributed by atoms with Gasteiger partial charge in [-0.2, -0.15) is 57.1 Å². The molecule has 0 atom stereocenters. The second kappa shape index (κ2) is 5.80. The van der Waals surface area contributed by atoms with Gasteiger partial charge in [-0.05, 0) is 0 Å². The minimum atomic E-state index is -8.04. The lowest BCUT2D eigenvalue weighted by atomic mass is 9.97.